The van der Waals surface area contributed by atoms with Crippen molar-refractivity contribution >= 4 is 27.5 Å². The highest BCUT2D eigenvalue weighted by atomic mass is 32.2. The molecule has 9 nitrogen and oxygen atoms in total. The van der Waals surface area contributed by atoms with E-state index >= 15 is 0 Å². The summed E-state index contributed by atoms with van der Waals surface area (Å²) in [6, 6.07) is 8.12. The molecule has 1 N–H and O–H groups in total. The zero-order valence-electron chi connectivity index (χ0n) is 21.1. The number of nitrogens with zero attached hydrogens (tertiary/aromatic N) is 4. The average Bonchev–Trinajstić information content (AvgIpc) is 3.59. The minimum absolute atomic E-state index is 0.0139. The molecule has 0 spiro atoms. The first-order valence-electron chi connectivity index (χ1n) is 13.0. The zero-order valence-corrected chi connectivity index (χ0v) is 21.9. The van der Waals surface area contributed by atoms with E-state index in [4.69, 9.17) is 0 Å². The van der Waals surface area contributed by atoms with Gasteiger partial charge in [0.15, 0.2) is 0 Å². The Morgan fingerprint density at radius 2 is 1.72 bits per heavy atom. The SMILES string of the molecule is Cc1nn(CC(=O)N2CCc3ccccc32)c(C)c1S(=O)(=O)N1CCC(C(=O)NC2CCCC2)CC1. The van der Waals surface area contributed by atoms with Crippen LogP contribution in [0.3, 0.4) is 0 Å². The molecular formula is C26H35N5O4S. The van der Waals surface area contributed by atoms with E-state index in [0.29, 0.717) is 43.9 Å². The van der Waals surface area contributed by atoms with Crippen LogP contribution in [0.1, 0.15) is 55.5 Å². The molecule has 5 rings (SSSR count). The van der Waals surface area contributed by atoms with Gasteiger partial charge < -0.3 is 10.2 Å². The Bertz CT molecular complexity index is 1260. The predicted molar refractivity (Wildman–Crippen MR) is 136 cm³/mol. The standard InChI is InChI=1S/C26H35N5O4S/c1-18-25(19(2)31(28-18)17-24(32)30-16-13-20-7-3-6-10-23(20)30)36(34,35)29-14-11-21(12-15-29)26(33)27-22-8-4-5-9-22/h3,6-7,10,21-22H,4-5,8-9,11-17H2,1-2H3,(H,27,33). The summed E-state index contributed by atoms with van der Waals surface area (Å²) in [5, 5.41) is 7.59. The summed E-state index contributed by atoms with van der Waals surface area (Å²) in [4.78, 5) is 27.7. The van der Waals surface area contributed by atoms with Crippen molar-refractivity contribution in [2.45, 2.75) is 76.3 Å². The monoisotopic (exact) mass is 513 g/mol. The third-order valence-electron chi connectivity index (χ3n) is 7.91. The van der Waals surface area contributed by atoms with Gasteiger partial charge in [-0.15, -0.1) is 0 Å². The first-order valence-corrected chi connectivity index (χ1v) is 14.4. The first kappa shape index (κ1) is 25.0. The molecule has 194 valence electrons. The number of nitrogens with one attached hydrogen (secondary N) is 1. The van der Waals surface area contributed by atoms with Gasteiger partial charge in [-0.3, -0.25) is 14.3 Å². The molecule has 10 heteroatoms. The molecule has 1 aromatic carbocycles. The average molecular weight is 514 g/mol. The van der Waals surface area contributed by atoms with Gasteiger partial charge in [-0.2, -0.15) is 9.40 Å². The van der Waals surface area contributed by atoms with E-state index in [-0.39, 0.29) is 35.2 Å². The van der Waals surface area contributed by atoms with Crippen LogP contribution in [0, 0.1) is 19.8 Å². The van der Waals surface area contributed by atoms with Crippen LogP contribution in [-0.4, -0.2) is 60.0 Å². The number of aromatic nitrogens is 2. The maximum absolute atomic E-state index is 13.6. The van der Waals surface area contributed by atoms with Crippen LogP contribution >= 0.6 is 0 Å². The van der Waals surface area contributed by atoms with Gasteiger partial charge in [-0.1, -0.05) is 31.0 Å². The number of aryl methyl sites for hydroxylation is 1. The third kappa shape index (κ3) is 4.68. The second-order valence-electron chi connectivity index (χ2n) is 10.3. The van der Waals surface area contributed by atoms with E-state index in [1.807, 2.05) is 24.3 Å². The molecule has 1 saturated carbocycles. The fourth-order valence-electron chi connectivity index (χ4n) is 5.90. The predicted octanol–water partition coefficient (Wildman–Crippen LogP) is 2.55. The van der Waals surface area contributed by atoms with Crippen molar-refractivity contribution in [3.8, 4) is 0 Å². The second kappa shape index (κ2) is 9.97. The van der Waals surface area contributed by atoms with Gasteiger partial charge in [0.1, 0.15) is 11.4 Å². The van der Waals surface area contributed by atoms with Crippen LogP contribution in [0.15, 0.2) is 29.2 Å². The van der Waals surface area contributed by atoms with Crippen LogP contribution in [0.4, 0.5) is 5.69 Å². The van der Waals surface area contributed by atoms with E-state index in [9.17, 15) is 18.0 Å². The Kier molecular flexibility index (Phi) is 6.91. The number of hydrogen-bond acceptors (Lipinski definition) is 5. The number of carbonyl (C=O) groups excluding carboxylic acids is 2. The van der Waals surface area contributed by atoms with Crippen molar-refractivity contribution in [2.75, 3.05) is 24.5 Å². The van der Waals surface area contributed by atoms with E-state index in [2.05, 4.69) is 10.4 Å². The fraction of sp³-hybridized carbons (Fsp3) is 0.577. The van der Waals surface area contributed by atoms with Crippen molar-refractivity contribution in [1.82, 2.24) is 19.4 Å². The van der Waals surface area contributed by atoms with Crippen LogP contribution in [-0.2, 0) is 32.6 Å². The number of rotatable bonds is 6. The summed E-state index contributed by atoms with van der Waals surface area (Å²) in [7, 11) is -3.78. The topological polar surface area (TPSA) is 105 Å². The molecule has 2 amide bonds. The summed E-state index contributed by atoms with van der Waals surface area (Å²) in [6.07, 6.45) is 6.22. The van der Waals surface area contributed by atoms with Crippen LogP contribution in [0.25, 0.3) is 0 Å². The molecule has 3 heterocycles. The highest BCUT2D eigenvalue weighted by Crippen LogP contribution is 2.30. The van der Waals surface area contributed by atoms with Gasteiger partial charge in [-0.05, 0) is 57.6 Å². The van der Waals surface area contributed by atoms with Crippen LogP contribution < -0.4 is 10.2 Å². The van der Waals surface area contributed by atoms with Crippen LogP contribution in [0.2, 0.25) is 0 Å². The third-order valence-corrected chi connectivity index (χ3v) is 10.1. The number of carbonyl (C=O) groups is 2. The quantitative estimate of drug-likeness (QED) is 0.639. The van der Waals surface area contributed by atoms with Gasteiger partial charge in [0.2, 0.25) is 21.8 Å². The maximum Gasteiger partial charge on any atom is 0.248 e. The number of piperidine rings is 1. The molecule has 36 heavy (non-hydrogen) atoms. The van der Waals surface area contributed by atoms with Gasteiger partial charge in [0.25, 0.3) is 0 Å². The number of hydrogen-bond donors (Lipinski definition) is 1. The molecule has 0 radical (unpaired) electrons. The van der Waals surface area contributed by atoms with Crippen molar-refractivity contribution < 1.29 is 18.0 Å². The van der Waals surface area contributed by atoms with Gasteiger partial charge in [0, 0.05) is 37.3 Å². The summed E-state index contributed by atoms with van der Waals surface area (Å²) in [5.74, 6) is -0.201. The first-order chi connectivity index (χ1) is 17.3. The van der Waals surface area contributed by atoms with Gasteiger partial charge in [-0.25, -0.2) is 8.42 Å². The second-order valence-corrected chi connectivity index (χ2v) is 12.1. The molecule has 0 unspecified atom stereocenters. The normalized spacial score (nSPS) is 19.6. The molecule has 2 aromatic rings. The minimum Gasteiger partial charge on any atom is -0.353 e. The smallest absolute Gasteiger partial charge is 0.248 e. The number of sulfonamides is 1. The minimum atomic E-state index is -3.78. The lowest BCUT2D eigenvalue weighted by Crippen LogP contribution is -2.45. The number of anilines is 1. The zero-order chi connectivity index (χ0) is 25.4. The Morgan fingerprint density at radius 3 is 2.44 bits per heavy atom. The van der Waals surface area contributed by atoms with E-state index in [0.717, 1.165) is 43.4 Å². The molecular weight excluding hydrogens is 478 g/mol. The molecule has 1 saturated heterocycles. The molecule has 0 bridgehead atoms. The van der Waals surface area contributed by atoms with Crippen molar-refractivity contribution in [3.63, 3.8) is 0 Å². The van der Waals surface area contributed by atoms with E-state index < -0.39 is 10.0 Å². The van der Waals surface area contributed by atoms with Crippen LogP contribution in [0.5, 0.6) is 0 Å². The number of para-hydroxylation sites is 1. The highest BCUT2D eigenvalue weighted by Gasteiger charge is 2.36. The highest BCUT2D eigenvalue weighted by molar-refractivity contribution is 7.89. The van der Waals surface area contributed by atoms with Gasteiger partial charge >= 0.3 is 0 Å². The van der Waals surface area contributed by atoms with Crippen molar-refractivity contribution in [3.05, 3.63) is 41.2 Å². The Labute approximate surface area is 212 Å². The Balaban J connectivity index is 1.25. The van der Waals surface area contributed by atoms with Gasteiger partial charge in [0.05, 0.1) is 11.4 Å². The van der Waals surface area contributed by atoms with E-state index in [1.54, 1.807) is 18.7 Å². The summed E-state index contributed by atoms with van der Waals surface area (Å²) in [5.41, 5.74) is 2.91. The molecule has 1 aromatic heterocycles. The molecule has 2 aliphatic heterocycles. The lowest BCUT2D eigenvalue weighted by molar-refractivity contribution is -0.126. The lowest BCUT2D eigenvalue weighted by atomic mass is 9.97. The molecule has 1 aliphatic carbocycles. The Hall–Kier alpha value is -2.72. The summed E-state index contributed by atoms with van der Waals surface area (Å²) in [6.45, 7) is 4.59. The fourth-order valence-corrected chi connectivity index (χ4v) is 7.74. The summed E-state index contributed by atoms with van der Waals surface area (Å²) < 4.78 is 30.1. The van der Waals surface area contributed by atoms with Crippen molar-refractivity contribution in [1.29, 1.82) is 0 Å². The number of fused-ring (bicyclic) bond motifs is 1. The lowest BCUT2D eigenvalue weighted by Gasteiger charge is -2.31. The summed E-state index contributed by atoms with van der Waals surface area (Å²) >= 11 is 0. The number of benzene rings is 1. The largest absolute Gasteiger partial charge is 0.353 e. The molecule has 0 atom stereocenters. The Morgan fingerprint density at radius 1 is 1.03 bits per heavy atom. The van der Waals surface area contributed by atoms with E-state index in [1.165, 1.54) is 8.99 Å². The maximum atomic E-state index is 13.6. The molecule has 3 aliphatic rings. The number of amides is 2. The van der Waals surface area contributed by atoms with Crippen molar-refractivity contribution in [2.24, 2.45) is 5.92 Å². The molecule has 2 fully saturated rings.